The van der Waals surface area contributed by atoms with Crippen molar-refractivity contribution in [2.75, 3.05) is 13.1 Å². The van der Waals surface area contributed by atoms with Crippen LogP contribution in [0.25, 0.3) is 10.4 Å². The molecule has 0 bridgehead atoms. The molecule has 2 aromatic rings. The van der Waals surface area contributed by atoms with E-state index in [9.17, 15) is 14.3 Å². The molecule has 1 saturated heterocycles. The second-order valence-electron chi connectivity index (χ2n) is 9.91. The molecule has 6 nitrogen and oxygen atoms in total. The van der Waals surface area contributed by atoms with Gasteiger partial charge in [0.1, 0.15) is 5.01 Å². The van der Waals surface area contributed by atoms with E-state index >= 15 is 0 Å². The number of carboxylic acids is 1. The molecule has 0 amide bonds. The highest BCUT2D eigenvalue weighted by molar-refractivity contribution is 7.15. The Hall–Kier alpha value is -2.06. The number of piperidine rings is 1. The van der Waals surface area contributed by atoms with E-state index < -0.39 is 17.7 Å². The minimum Gasteiger partial charge on any atom is -0.481 e. The van der Waals surface area contributed by atoms with Crippen molar-refractivity contribution in [3.63, 3.8) is 0 Å². The first kappa shape index (κ1) is 24.6. The van der Waals surface area contributed by atoms with Crippen molar-refractivity contribution in [3.8, 4) is 16.3 Å². The predicted molar refractivity (Wildman–Crippen MR) is 124 cm³/mol. The number of rotatable bonds is 8. The maximum Gasteiger partial charge on any atom is 0.310 e. The number of likely N-dealkylation sites (tertiary alicyclic amines) is 1. The lowest BCUT2D eigenvalue weighted by Crippen LogP contribution is -2.53. The van der Waals surface area contributed by atoms with Crippen molar-refractivity contribution in [3.05, 3.63) is 29.5 Å². The van der Waals surface area contributed by atoms with E-state index in [1.807, 2.05) is 6.07 Å². The van der Waals surface area contributed by atoms with Gasteiger partial charge in [-0.15, -0.1) is 11.3 Å². The molecule has 2 aromatic heterocycles. The van der Waals surface area contributed by atoms with E-state index in [2.05, 4.69) is 42.6 Å². The summed E-state index contributed by atoms with van der Waals surface area (Å²) in [6, 6.07) is 3.63. The average molecular weight is 464 g/mol. The highest BCUT2D eigenvalue weighted by Crippen LogP contribution is 2.44. The van der Waals surface area contributed by atoms with Crippen molar-refractivity contribution in [1.82, 2.24) is 14.9 Å². The van der Waals surface area contributed by atoms with Gasteiger partial charge in [0.2, 0.25) is 12.2 Å². The minimum atomic E-state index is -1.46. The van der Waals surface area contributed by atoms with Crippen LogP contribution in [0.5, 0.6) is 5.88 Å². The number of hydrogen-bond donors (Lipinski definition) is 1. The normalized spacial score (nSPS) is 23.1. The van der Waals surface area contributed by atoms with Gasteiger partial charge in [0.05, 0.1) is 22.4 Å². The lowest BCUT2D eigenvalue weighted by molar-refractivity contribution is -0.156. The first-order valence-corrected chi connectivity index (χ1v) is 12.0. The zero-order valence-corrected chi connectivity index (χ0v) is 20.4. The standard InChI is InChI=1S/C24H34FN3O3S/c1-6-9-24(22(29)30)11-17(23(3,4)5)13-28(15-24)14-20-27-12-19(32-20)18-8-7-10-26-21(18)31-16(2)25/h7-8,10,12,16-17H,6,9,11,13-15H2,1-5H3,(H,29,30). The van der Waals surface area contributed by atoms with Gasteiger partial charge in [0.25, 0.3) is 0 Å². The Labute approximate surface area is 193 Å². The second kappa shape index (κ2) is 9.83. The van der Waals surface area contributed by atoms with Crippen LogP contribution in [0.4, 0.5) is 4.39 Å². The quantitative estimate of drug-likeness (QED) is 0.546. The van der Waals surface area contributed by atoms with Crippen molar-refractivity contribution in [2.45, 2.75) is 66.8 Å². The van der Waals surface area contributed by atoms with E-state index in [4.69, 9.17) is 4.74 Å². The maximum atomic E-state index is 13.4. The highest BCUT2D eigenvalue weighted by atomic mass is 32.1. The number of alkyl halides is 1. The molecule has 176 valence electrons. The molecule has 1 aliphatic heterocycles. The van der Waals surface area contributed by atoms with E-state index in [0.717, 1.165) is 22.9 Å². The first-order chi connectivity index (χ1) is 15.0. The smallest absolute Gasteiger partial charge is 0.310 e. The predicted octanol–water partition coefficient (Wildman–Crippen LogP) is 5.64. The van der Waals surface area contributed by atoms with Crippen LogP contribution in [0.15, 0.2) is 24.5 Å². The molecule has 32 heavy (non-hydrogen) atoms. The Bertz CT molecular complexity index is 927. The van der Waals surface area contributed by atoms with Gasteiger partial charge in [-0.25, -0.2) is 14.4 Å². The molecule has 0 saturated carbocycles. The lowest BCUT2D eigenvalue weighted by Gasteiger charge is -2.48. The van der Waals surface area contributed by atoms with E-state index in [1.165, 1.54) is 18.3 Å². The zero-order valence-electron chi connectivity index (χ0n) is 19.6. The number of thiazole rings is 1. The summed E-state index contributed by atoms with van der Waals surface area (Å²) in [6.07, 6.45) is 4.09. The Balaban J connectivity index is 1.84. The SMILES string of the molecule is CCCC1(C(=O)O)CC(C(C)(C)C)CN(Cc2ncc(-c3cccnc3OC(C)F)s2)C1. The van der Waals surface area contributed by atoms with Gasteiger partial charge >= 0.3 is 5.97 Å². The number of halogens is 1. The summed E-state index contributed by atoms with van der Waals surface area (Å²) in [5.74, 6) is -0.172. The number of carboxylic acid groups (broad SMARTS) is 1. The van der Waals surface area contributed by atoms with Crippen LogP contribution in [0.2, 0.25) is 0 Å². The van der Waals surface area contributed by atoms with E-state index in [0.29, 0.717) is 31.5 Å². The molecular weight excluding hydrogens is 429 g/mol. The van der Waals surface area contributed by atoms with Crippen LogP contribution >= 0.6 is 11.3 Å². The summed E-state index contributed by atoms with van der Waals surface area (Å²) in [7, 11) is 0. The van der Waals surface area contributed by atoms with E-state index in [-0.39, 0.29) is 17.2 Å². The third-order valence-electron chi connectivity index (χ3n) is 6.27. The average Bonchev–Trinajstić information content (AvgIpc) is 3.15. The number of ether oxygens (including phenoxy) is 1. The van der Waals surface area contributed by atoms with Gasteiger partial charge in [0, 0.05) is 32.4 Å². The Morgan fingerprint density at radius 3 is 2.81 bits per heavy atom. The zero-order chi connectivity index (χ0) is 23.5. The first-order valence-electron chi connectivity index (χ1n) is 11.2. The molecular formula is C24H34FN3O3S. The number of aromatic nitrogens is 2. The Kier molecular flexibility index (Phi) is 7.55. The van der Waals surface area contributed by atoms with Gasteiger partial charge in [-0.1, -0.05) is 34.1 Å². The summed E-state index contributed by atoms with van der Waals surface area (Å²) in [4.78, 5) is 24.2. The van der Waals surface area contributed by atoms with Crippen molar-refractivity contribution < 1.29 is 19.0 Å². The Morgan fingerprint density at radius 2 is 2.19 bits per heavy atom. The second-order valence-corrected chi connectivity index (χ2v) is 11.0. The third kappa shape index (κ3) is 5.64. The van der Waals surface area contributed by atoms with Gasteiger partial charge in [0.15, 0.2) is 0 Å². The fourth-order valence-corrected chi connectivity index (χ4v) is 5.53. The van der Waals surface area contributed by atoms with E-state index in [1.54, 1.807) is 18.5 Å². The Morgan fingerprint density at radius 1 is 1.44 bits per heavy atom. The van der Waals surface area contributed by atoms with Crippen LogP contribution in [0.3, 0.4) is 0 Å². The molecule has 0 aliphatic carbocycles. The summed E-state index contributed by atoms with van der Waals surface area (Å²) in [5.41, 5.74) is -0.00318. The highest BCUT2D eigenvalue weighted by Gasteiger charge is 2.47. The van der Waals surface area contributed by atoms with Crippen LogP contribution < -0.4 is 4.74 Å². The van der Waals surface area contributed by atoms with Crippen molar-refractivity contribution in [1.29, 1.82) is 0 Å². The summed E-state index contributed by atoms with van der Waals surface area (Å²) >= 11 is 1.51. The molecule has 3 heterocycles. The van der Waals surface area contributed by atoms with Crippen molar-refractivity contribution >= 4 is 17.3 Å². The van der Waals surface area contributed by atoms with Crippen LogP contribution in [-0.2, 0) is 11.3 Å². The number of pyridine rings is 1. The van der Waals surface area contributed by atoms with Crippen molar-refractivity contribution in [2.24, 2.45) is 16.7 Å². The summed E-state index contributed by atoms with van der Waals surface area (Å²) in [6.45, 7) is 11.9. The number of nitrogens with zero attached hydrogens (tertiary/aromatic N) is 3. The molecule has 0 spiro atoms. The molecule has 0 radical (unpaired) electrons. The lowest BCUT2D eigenvalue weighted by atomic mass is 9.65. The van der Waals surface area contributed by atoms with Gasteiger partial charge in [-0.05, 0) is 36.3 Å². The van der Waals surface area contributed by atoms with Crippen LogP contribution in [-0.4, -0.2) is 45.4 Å². The molecule has 0 aromatic carbocycles. The fraction of sp³-hybridized carbons (Fsp3) is 0.625. The molecule has 3 unspecified atom stereocenters. The monoisotopic (exact) mass is 463 g/mol. The fourth-order valence-electron chi connectivity index (χ4n) is 4.55. The number of hydrogen-bond acceptors (Lipinski definition) is 6. The summed E-state index contributed by atoms with van der Waals surface area (Å²) < 4.78 is 18.6. The summed E-state index contributed by atoms with van der Waals surface area (Å²) in [5, 5.41) is 11.0. The molecule has 1 aliphatic rings. The molecule has 3 atom stereocenters. The van der Waals surface area contributed by atoms with Crippen LogP contribution in [0.1, 0.15) is 58.9 Å². The minimum absolute atomic E-state index is 0.0200. The number of carbonyl (C=O) groups is 1. The maximum absolute atomic E-state index is 13.4. The molecule has 1 fully saturated rings. The molecule has 8 heteroatoms. The largest absolute Gasteiger partial charge is 0.481 e. The topological polar surface area (TPSA) is 75.5 Å². The van der Waals surface area contributed by atoms with Gasteiger partial charge in [-0.2, -0.15) is 0 Å². The van der Waals surface area contributed by atoms with Crippen LogP contribution in [0, 0.1) is 16.7 Å². The molecule has 3 rings (SSSR count). The molecule has 1 N–H and O–H groups in total. The number of aliphatic carboxylic acids is 1. The van der Waals surface area contributed by atoms with Gasteiger partial charge < -0.3 is 9.84 Å². The third-order valence-corrected chi connectivity index (χ3v) is 7.29. The van der Waals surface area contributed by atoms with Gasteiger partial charge in [-0.3, -0.25) is 9.69 Å².